The number of benzene rings is 2. The summed E-state index contributed by atoms with van der Waals surface area (Å²) in [5.41, 5.74) is 1.19. The number of halogens is 1. The minimum Gasteiger partial charge on any atom is -0.352 e. The SMILES string of the molecule is CCN(CC(=O)N[C@H](C)CCc1ccccc1)S(=O)(=O)c1ccc(F)cc1. The predicted molar refractivity (Wildman–Crippen MR) is 103 cm³/mol. The molecule has 0 aromatic heterocycles. The van der Waals surface area contributed by atoms with E-state index in [1.807, 2.05) is 37.3 Å². The van der Waals surface area contributed by atoms with E-state index in [0.29, 0.717) is 0 Å². The zero-order chi connectivity index (χ0) is 19.9. The number of rotatable bonds is 9. The molecule has 2 rings (SSSR count). The molecule has 0 aliphatic rings. The zero-order valence-electron chi connectivity index (χ0n) is 15.6. The van der Waals surface area contributed by atoms with E-state index in [9.17, 15) is 17.6 Å². The maximum atomic E-state index is 13.0. The van der Waals surface area contributed by atoms with Crippen LogP contribution in [0.5, 0.6) is 0 Å². The highest BCUT2D eigenvalue weighted by molar-refractivity contribution is 7.89. The standard InChI is InChI=1S/C20H25FN2O3S/c1-3-23(27(25,26)19-13-11-18(21)12-14-19)15-20(24)22-16(2)9-10-17-7-5-4-6-8-17/h4-8,11-14,16H,3,9-10,15H2,1-2H3,(H,22,24)/t16-/m1/s1. The number of carbonyl (C=O) groups is 1. The number of nitrogens with one attached hydrogen (secondary N) is 1. The average Bonchev–Trinajstić information content (AvgIpc) is 2.65. The van der Waals surface area contributed by atoms with Gasteiger partial charge in [-0.3, -0.25) is 4.79 Å². The van der Waals surface area contributed by atoms with Crippen LogP contribution in [-0.2, 0) is 21.2 Å². The minimum absolute atomic E-state index is 0.0318. The highest BCUT2D eigenvalue weighted by Gasteiger charge is 2.25. The van der Waals surface area contributed by atoms with E-state index in [1.165, 1.54) is 17.7 Å². The lowest BCUT2D eigenvalue weighted by Crippen LogP contribution is -2.43. The molecule has 5 nitrogen and oxygen atoms in total. The average molecular weight is 392 g/mol. The summed E-state index contributed by atoms with van der Waals surface area (Å²) < 4.78 is 39.4. The Morgan fingerprint density at radius 2 is 1.74 bits per heavy atom. The quantitative estimate of drug-likeness (QED) is 0.713. The van der Waals surface area contributed by atoms with Crippen LogP contribution < -0.4 is 5.32 Å². The molecule has 0 aliphatic carbocycles. The number of hydrogen-bond acceptors (Lipinski definition) is 3. The van der Waals surface area contributed by atoms with Crippen molar-refractivity contribution < 1.29 is 17.6 Å². The van der Waals surface area contributed by atoms with E-state index in [0.717, 1.165) is 29.3 Å². The predicted octanol–water partition coefficient (Wildman–Crippen LogP) is 2.97. The van der Waals surface area contributed by atoms with Gasteiger partial charge in [0, 0.05) is 12.6 Å². The Morgan fingerprint density at radius 1 is 1.11 bits per heavy atom. The summed E-state index contributed by atoms with van der Waals surface area (Å²) >= 11 is 0. The van der Waals surface area contributed by atoms with Crippen molar-refractivity contribution in [1.29, 1.82) is 0 Å². The number of nitrogens with zero attached hydrogens (tertiary/aromatic N) is 1. The van der Waals surface area contributed by atoms with Gasteiger partial charge in [0.1, 0.15) is 5.82 Å². The first kappa shape index (κ1) is 21.1. The molecule has 0 spiro atoms. The van der Waals surface area contributed by atoms with E-state index in [-0.39, 0.29) is 29.9 Å². The molecular weight excluding hydrogens is 367 g/mol. The zero-order valence-corrected chi connectivity index (χ0v) is 16.4. The summed E-state index contributed by atoms with van der Waals surface area (Å²) in [4.78, 5) is 12.3. The van der Waals surface area contributed by atoms with Crippen LogP contribution in [-0.4, -0.2) is 37.8 Å². The molecule has 0 heterocycles. The topological polar surface area (TPSA) is 66.5 Å². The molecule has 0 radical (unpaired) electrons. The van der Waals surface area contributed by atoms with Gasteiger partial charge in [0.2, 0.25) is 15.9 Å². The third-order valence-corrected chi connectivity index (χ3v) is 6.18. The Morgan fingerprint density at radius 3 is 2.33 bits per heavy atom. The number of amides is 1. The molecule has 1 atom stereocenters. The number of hydrogen-bond donors (Lipinski definition) is 1. The fourth-order valence-corrected chi connectivity index (χ4v) is 4.11. The normalized spacial score (nSPS) is 12.7. The van der Waals surface area contributed by atoms with Crippen LogP contribution >= 0.6 is 0 Å². The molecule has 0 fully saturated rings. The smallest absolute Gasteiger partial charge is 0.243 e. The summed E-state index contributed by atoms with van der Waals surface area (Å²) in [5.74, 6) is -0.870. The summed E-state index contributed by atoms with van der Waals surface area (Å²) in [5, 5.41) is 2.84. The van der Waals surface area contributed by atoms with Crippen LogP contribution in [0.15, 0.2) is 59.5 Å². The molecule has 27 heavy (non-hydrogen) atoms. The molecule has 0 aliphatic heterocycles. The minimum atomic E-state index is -3.85. The van der Waals surface area contributed by atoms with Crippen molar-refractivity contribution in [3.63, 3.8) is 0 Å². The van der Waals surface area contributed by atoms with Gasteiger partial charge in [-0.2, -0.15) is 4.31 Å². The van der Waals surface area contributed by atoms with Crippen LogP contribution in [0.25, 0.3) is 0 Å². The van der Waals surface area contributed by atoms with E-state index >= 15 is 0 Å². The molecular formula is C20H25FN2O3S. The van der Waals surface area contributed by atoms with Gasteiger partial charge in [0.05, 0.1) is 11.4 Å². The van der Waals surface area contributed by atoms with Gasteiger partial charge in [-0.1, -0.05) is 37.3 Å². The van der Waals surface area contributed by atoms with E-state index in [4.69, 9.17) is 0 Å². The van der Waals surface area contributed by atoms with Crippen LogP contribution in [0.3, 0.4) is 0 Å². The van der Waals surface area contributed by atoms with E-state index < -0.39 is 15.8 Å². The second kappa shape index (κ2) is 9.62. The summed E-state index contributed by atoms with van der Waals surface area (Å²) in [6, 6.07) is 14.5. The summed E-state index contributed by atoms with van der Waals surface area (Å²) in [6.45, 7) is 3.43. The molecule has 146 valence electrons. The fourth-order valence-electron chi connectivity index (χ4n) is 2.70. The number of sulfonamides is 1. The molecule has 0 bridgehead atoms. The molecule has 1 amide bonds. The van der Waals surface area contributed by atoms with Crippen molar-refractivity contribution in [1.82, 2.24) is 9.62 Å². The second-order valence-corrected chi connectivity index (χ2v) is 8.32. The maximum Gasteiger partial charge on any atom is 0.243 e. The van der Waals surface area contributed by atoms with Crippen molar-refractivity contribution in [3.05, 3.63) is 66.0 Å². The van der Waals surface area contributed by atoms with Crippen molar-refractivity contribution in [2.24, 2.45) is 0 Å². The lowest BCUT2D eigenvalue weighted by molar-refractivity contribution is -0.121. The van der Waals surface area contributed by atoms with Crippen molar-refractivity contribution in [2.45, 2.75) is 37.6 Å². The van der Waals surface area contributed by atoms with Crippen molar-refractivity contribution in [2.75, 3.05) is 13.1 Å². The van der Waals surface area contributed by atoms with Gasteiger partial charge in [-0.15, -0.1) is 0 Å². The molecule has 0 saturated carbocycles. The molecule has 7 heteroatoms. The number of aryl methyl sites for hydroxylation is 1. The first-order valence-electron chi connectivity index (χ1n) is 8.92. The van der Waals surface area contributed by atoms with Crippen LogP contribution in [0.1, 0.15) is 25.8 Å². The van der Waals surface area contributed by atoms with Gasteiger partial charge in [-0.05, 0) is 49.6 Å². The fraction of sp³-hybridized carbons (Fsp3) is 0.350. The highest BCUT2D eigenvalue weighted by Crippen LogP contribution is 2.16. The molecule has 0 saturated heterocycles. The van der Waals surface area contributed by atoms with Gasteiger partial charge in [0.25, 0.3) is 0 Å². The molecule has 0 unspecified atom stereocenters. The maximum absolute atomic E-state index is 13.0. The van der Waals surface area contributed by atoms with Gasteiger partial charge in [-0.25, -0.2) is 12.8 Å². The summed E-state index contributed by atoms with van der Waals surface area (Å²) in [7, 11) is -3.85. The molecule has 2 aromatic rings. The Labute approximate surface area is 160 Å². The number of carbonyl (C=O) groups excluding carboxylic acids is 1. The van der Waals surface area contributed by atoms with E-state index in [1.54, 1.807) is 6.92 Å². The third-order valence-electron chi connectivity index (χ3n) is 4.24. The molecule has 2 aromatic carbocycles. The Balaban J connectivity index is 1.92. The van der Waals surface area contributed by atoms with Gasteiger partial charge >= 0.3 is 0 Å². The monoisotopic (exact) mass is 392 g/mol. The Kier molecular flexibility index (Phi) is 7.50. The van der Waals surface area contributed by atoms with E-state index in [2.05, 4.69) is 5.32 Å². The highest BCUT2D eigenvalue weighted by atomic mass is 32.2. The van der Waals surface area contributed by atoms with Gasteiger partial charge < -0.3 is 5.32 Å². The van der Waals surface area contributed by atoms with Crippen LogP contribution in [0, 0.1) is 5.82 Å². The molecule has 1 N–H and O–H groups in total. The van der Waals surface area contributed by atoms with Crippen LogP contribution in [0.2, 0.25) is 0 Å². The van der Waals surface area contributed by atoms with Crippen molar-refractivity contribution >= 4 is 15.9 Å². The third kappa shape index (κ3) is 6.15. The second-order valence-electron chi connectivity index (χ2n) is 6.38. The van der Waals surface area contributed by atoms with Crippen LogP contribution in [0.4, 0.5) is 4.39 Å². The van der Waals surface area contributed by atoms with Gasteiger partial charge in [0.15, 0.2) is 0 Å². The Bertz CT molecular complexity index is 839. The lowest BCUT2D eigenvalue weighted by Gasteiger charge is -2.21. The first-order valence-corrected chi connectivity index (χ1v) is 10.4. The first-order chi connectivity index (χ1) is 12.8. The lowest BCUT2D eigenvalue weighted by atomic mass is 10.1. The largest absolute Gasteiger partial charge is 0.352 e. The van der Waals surface area contributed by atoms with Crippen molar-refractivity contribution in [3.8, 4) is 0 Å². The summed E-state index contributed by atoms with van der Waals surface area (Å²) in [6.07, 6.45) is 1.58. The number of likely N-dealkylation sites (N-methyl/N-ethyl adjacent to an activating group) is 1. The Hall–Kier alpha value is -2.25.